The predicted octanol–water partition coefficient (Wildman–Crippen LogP) is 1.98. The molecule has 1 aliphatic heterocycles. The zero-order valence-electron chi connectivity index (χ0n) is 18.8. The molecule has 0 spiro atoms. The highest BCUT2D eigenvalue weighted by Crippen LogP contribution is 2.17. The van der Waals surface area contributed by atoms with Crippen LogP contribution in [-0.4, -0.2) is 61.7 Å². The summed E-state index contributed by atoms with van der Waals surface area (Å²) in [5, 5.41) is 12.2. The number of pyridine rings is 1. The quantitative estimate of drug-likeness (QED) is 0.486. The Balaban J connectivity index is 1.17. The maximum Gasteiger partial charge on any atom is 0.261 e. The number of nitrogens with one attached hydrogen (secondary N) is 1. The Morgan fingerprint density at radius 1 is 0.941 bits per heavy atom. The number of benzene rings is 1. The van der Waals surface area contributed by atoms with Gasteiger partial charge >= 0.3 is 0 Å². The van der Waals surface area contributed by atoms with Crippen LogP contribution in [0.25, 0.3) is 10.9 Å². The molecule has 0 unspecified atom stereocenters. The topological polar surface area (TPSA) is 109 Å². The minimum absolute atomic E-state index is 0.0239. The van der Waals surface area contributed by atoms with Crippen molar-refractivity contribution in [3.63, 3.8) is 0 Å². The van der Waals surface area contributed by atoms with Gasteiger partial charge in [0.1, 0.15) is 12.4 Å². The molecule has 5 rings (SSSR count). The minimum atomic E-state index is -0.206. The molecule has 4 aromatic rings. The van der Waals surface area contributed by atoms with Gasteiger partial charge in [-0.2, -0.15) is 0 Å². The van der Waals surface area contributed by atoms with Crippen molar-refractivity contribution in [1.82, 2.24) is 29.6 Å². The van der Waals surface area contributed by atoms with Gasteiger partial charge in [0.2, 0.25) is 5.91 Å². The summed E-state index contributed by atoms with van der Waals surface area (Å²) in [5.74, 6) is 1.98. The summed E-state index contributed by atoms with van der Waals surface area (Å²) in [7, 11) is 0. The molecule has 10 nitrogen and oxygen atoms in total. The van der Waals surface area contributed by atoms with Crippen LogP contribution in [0.1, 0.15) is 5.56 Å². The Kier molecular flexibility index (Phi) is 5.86. The Labute approximate surface area is 195 Å². The molecule has 1 N–H and O–H groups in total. The van der Waals surface area contributed by atoms with Gasteiger partial charge in [-0.15, -0.1) is 10.2 Å². The first kappa shape index (κ1) is 21.5. The number of carbonyl (C=O) groups excluding carboxylic acids is 1. The van der Waals surface area contributed by atoms with Crippen LogP contribution in [0.2, 0.25) is 0 Å². The maximum absolute atomic E-state index is 12.8. The monoisotopic (exact) mass is 456 g/mol. The van der Waals surface area contributed by atoms with Crippen LogP contribution in [0.15, 0.2) is 65.8 Å². The molecule has 34 heavy (non-hydrogen) atoms. The summed E-state index contributed by atoms with van der Waals surface area (Å²) >= 11 is 0. The van der Waals surface area contributed by atoms with E-state index in [1.54, 1.807) is 29.3 Å². The molecular weight excluding hydrogens is 432 g/mol. The highest BCUT2D eigenvalue weighted by molar-refractivity contribution is 5.79. The van der Waals surface area contributed by atoms with Crippen molar-refractivity contribution in [2.45, 2.75) is 13.5 Å². The summed E-state index contributed by atoms with van der Waals surface area (Å²) < 4.78 is 1.37. The number of piperazine rings is 1. The first-order valence-corrected chi connectivity index (χ1v) is 11.1. The summed E-state index contributed by atoms with van der Waals surface area (Å²) in [6.07, 6.45) is 3.23. The zero-order valence-corrected chi connectivity index (χ0v) is 18.8. The second kappa shape index (κ2) is 9.26. The average molecular weight is 457 g/mol. The van der Waals surface area contributed by atoms with Gasteiger partial charge < -0.3 is 15.1 Å². The first-order chi connectivity index (χ1) is 16.6. The number of hydrogen-bond acceptors (Lipinski definition) is 8. The Hall–Kier alpha value is -4.34. The molecule has 1 aromatic carbocycles. The molecule has 10 heteroatoms. The van der Waals surface area contributed by atoms with E-state index in [2.05, 4.69) is 30.4 Å². The Bertz CT molecular complexity index is 1360. The molecule has 172 valence electrons. The van der Waals surface area contributed by atoms with Gasteiger partial charge in [-0.25, -0.2) is 9.97 Å². The summed E-state index contributed by atoms with van der Waals surface area (Å²) in [5.41, 5.74) is 1.51. The second-order valence-corrected chi connectivity index (χ2v) is 8.19. The number of para-hydroxylation sites is 1. The number of anilines is 3. The van der Waals surface area contributed by atoms with Crippen LogP contribution in [0.4, 0.5) is 17.5 Å². The van der Waals surface area contributed by atoms with E-state index in [0.717, 1.165) is 11.4 Å². The number of rotatable bonds is 5. The number of aryl methyl sites for hydroxylation is 1. The molecule has 3 aromatic heterocycles. The van der Waals surface area contributed by atoms with Crippen LogP contribution in [0.3, 0.4) is 0 Å². The Morgan fingerprint density at radius 2 is 1.74 bits per heavy atom. The lowest BCUT2D eigenvalue weighted by molar-refractivity contribution is -0.132. The van der Waals surface area contributed by atoms with E-state index >= 15 is 0 Å². The SMILES string of the molecule is Cc1ccc(Nc2ccc(N3CCN(C(=O)Cn4cnc5ccccc5c4=O)CC3)nn2)nc1. The Morgan fingerprint density at radius 3 is 2.47 bits per heavy atom. The van der Waals surface area contributed by atoms with Crippen molar-refractivity contribution >= 4 is 34.3 Å². The van der Waals surface area contributed by atoms with E-state index in [9.17, 15) is 9.59 Å². The number of aromatic nitrogens is 5. The number of fused-ring (bicyclic) bond motifs is 1. The third-order valence-electron chi connectivity index (χ3n) is 5.81. The van der Waals surface area contributed by atoms with Crippen LogP contribution in [0.5, 0.6) is 0 Å². The van der Waals surface area contributed by atoms with Crippen LogP contribution >= 0.6 is 0 Å². The van der Waals surface area contributed by atoms with E-state index < -0.39 is 0 Å². The number of carbonyl (C=O) groups is 1. The third kappa shape index (κ3) is 4.56. The molecule has 0 aliphatic carbocycles. The van der Waals surface area contributed by atoms with Crippen molar-refractivity contribution < 1.29 is 4.79 Å². The fraction of sp³-hybridized carbons (Fsp3) is 0.250. The fourth-order valence-corrected chi connectivity index (χ4v) is 3.88. The van der Waals surface area contributed by atoms with Crippen LogP contribution < -0.4 is 15.8 Å². The standard InChI is InChI=1S/C24H24N8O2/c1-17-6-7-20(25-14-17)27-21-8-9-22(29-28-21)30-10-12-31(13-11-30)23(33)15-32-16-26-19-5-3-2-4-18(19)24(32)34/h2-9,14,16H,10-13,15H2,1H3,(H,25,27,28). The lowest BCUT2D eigenvalue weighted by Crippen LogP contribution is -2.50. The van der Waals surface area contributed by atoms with Crippen LogP contribution in [-0.2, 0) is 11.3 Å². The van der Waals surface area contributed by atoms with E-state index in [4.69, 9.17) is 0 Å². The lowest BCUT2D eigenvalue weighted by atomic mass is 10.2. The van der Waals surface area contributed by atoms with E-state index in [0.29, 0.717) is 48.7 Å². The molecule has 1 fully saturated rings. The normalized spacial score (nSPS) is 13.8. The lowest BCUT2D eigenvalue weighted by Gasteiger charge is -2.35. The number of hydrogen-bond donors (Lipinski definition) is 1. The van der Waals surface area contributed by atoms with Gasteiger partial charge in [-0.3, -0.25) is 14.2 Å². The van der Waals surface area contributed by atoms with Crippen molar-refractivity contribution in [2.24, 2.45) is 0 Å². The third-order valence-corrected chi connectivity index (χ3v) is 5.81. The van der Waals surface area contributed by atoms with Crippen molar-refractivity contribution in [1.29, 1.82) is 0 Å². The minimum Gasteiger partial charge on any atom is -0.352 e. The van der Waals surface area contributed by atoms with Gasteiger partial charge in [-0.05, 0) is 42.8 Å². The smallest absolute Gasteiger partial charge is 0.261 e. The number of nitrogens with zero attached hydrogens (tertiary/aromatic N) is 7. The second-order valence-electron chi connectivity index (χ2n) is 8.19. The molecule has 0 atom stereocenters. The molecule has 1 aliphatic rings. The molecule has 4 heterocycles. The van der Waals surface area contributed by atoms with E-state index in [-0.39, 0.29) is 18.0 Å². The van der Waals surface area contributed by atoms with Gasteiger partial charge in [0.25, 0.3) is 5.56 Å². The van der Waals surface area contributed by atoms with Crippen LogP contribution in [0, 0.1) is 6.92 Å². The molecule has 0 saturated carbocycles. The van der Waals surface area contributed by atoms with Gasteiger partial charge in [0.15, 0.2) is 11.6 Å². The van der Waals surface area contributed by atoms with Crippen molar-refractivity contribution in [3.8, 4) is 0 Å². The van der Waals surface area contributed by atoms with Gasteiger partial charge in [-0.1, -0.05) is 18.2 Å². The molecule has 0 radical (unpaired) electrons. The molecular formula is C24H24N8O2. The summed E-state index contributed by atoms with van der Waals surface area (Å²) in [6.45, 7) is 4.32. The van der Waals surface area contributed by atoms with Gasteiger partial charge in [0, 0.05) is 32.4 Å². The summed E-state index contributed by atoms with van der Waals surface area (Å²) in [6, 6.07) is 14.8. The highest BCUT2D eigenvalue weighted by Gasteiger charge is 2.23. The molecule has 1 saturated heterocycles. The van der Waals surface area contributed by atoms with E-state index in [1.165, 1.54) is 10.9 Å². The molecule has 1 amide bonds. The van der Waals surface area contributed by atoms with Crippen molar-refractivity contribution in [2.75, 3.05) is 36.4 Å². The molecule has 0 bridgehead atoms. The van der Waals surface area contributed by atoms with E-state index in [1.807, 2.05) is 37.3 Å². The van der Waals surface area contributed by atoms with Crippen molar-refractivity contribution in [3.05, 3.63) is 77.0 Å². The highest BCUT2D eigenvalue weighted by atomic mass is 16.2. The predicted molar refractivity (Wildman–Crippen MR) is 129 cm³/mol. The number of amides is 1. The maximum atomic E-state index is 12.8. The average Bonchev–Trinajstić information content (AvgIpc) is 2.88. The largest absolute Gasteiger partial charge is 0.352 e. The fourth-order valence-electron chi connectivity index (χ4n) is 3.88. The first-order valence-electron chi connectivity index (χ1n) is 11.1. The zero-order chi connectivity index (χ0) is 23.5. The summed E-state index contributed by atoms with van der Waals surface area (Å²) in [4.78, 5) is 37.9. The van der Waals surface area contributed by atoms with Gasteiger partial charge in [0.05, 0.1) is 17.2 Å².